The predicted octanol–water partition coefficient (Wildman–Crippen LogP) is 1.96. The molecule has 3 aromatic carbocycles. The van der Waals surface area contributed by atoms with Crippen LogP contribution in [0.5, 0.6) is 0 Å². The minimum absolute atomic E-state index is 0. The maximum Gasteiger partial charge on any atom is 1.00 e. The van der Waals surface area contributed by atoms with Crippen molar-refractivity contribution in [1.29, 1.82) is 0 Å². The van der Waals surface area contributed by atoms with Crippen LogP contribution in [0, 0.1) is 0 Å². The van der Waals surface area contributed by atoms with Gasteiger partial charge in [0, 0.05) is 79.1 Å². The molecule has 0 aliphatic carbocycles. The second-order valence-electron chi connectivity index (χ2n) is 18.4. The molecule has 72 heavy (non-hydrogen) atoms. The Morgan fingerprint density at radius 1 is 0.764 bits per heavy atom. The molecule has 0 atom stereocenters. The number of benzene rings is 3. The number of unbranched alkanes of at least 4 members (excludes halogenated alkanes) is 1. The third-order valence-corrected chi connectivity index (χ3v) is 16.0. The first-order chi connectivity index (χ1) is 33.0. The zero-order valence-electron chi connectivity index (χ0n) is 41.4. The minimum atomic E-state index is -4.86. The molecule has 3 amide bonds. The molecule has 0 spiro atoms. The topological polar surface area (TPSA) is 293 Å². The van der Waals surface area contributed by atoms with Crippen LogP contribution in [0.3, 0.4) is 0 Å². The third-order valence-electron chi connectivity index (χ3n) is 12.7. The zero-order valence-corrected chi connectivity index (χ0v) is 45.7. The number of aryl methyl sites for hydroxylation is 1. The number of allylic oxidation sites excluding steroid dienone is 6. The summed E-state index contributed by atoms with van der Waals surface area (Å²) in [7, 11) is -18.2. The molecule has 6 rings (SSSR count). The van der Waals surface area contributed by atoms with Gasteiger partial charge < -0.3 is 16.2 Å². The average Bonchev–Trinajstić information content (AvgIpc) is 3.78. The van der Waals surface area contributed by atoms with E-state index in [9.17, 15) is 66.3 Å². The van der Waals surface area contributed by atoms with Crippen LogP contribution >= 0.6 is 0 Å². The monoisotopic (exact) mass is 1080 g/mol. The van der Waals surface area contributed by atoms with E-state index in [0.717, 1.165) is 10.5 Å². The molecule has 0 radical (unpaired) electrons. The van der Waals surface area contributed by atoms with E-state index in [1.807, 2.05) is 62.9 Å². The quantitative estimate of drug-likeness (QED) is 0.0279. The Labute approximate surface area is 444 Å². The van der Waals surface area contributed by atoms with E-state index in [2.05, 4.69) is 5.32 Å². The molecule has 3 aliphatic heterocycles. The third kappa shape index (κ3) is 14.3. The van der Waals surface area contributed by atoms with Crippen LogP contribution in [-0.4, -0.2) is 122 Å². The Morgan fingerprint density at radius 2 is 1.40 bits per heavy atom. The molecule has 0 saturated carbocycles. The van der Waals surface area contributed by atoms with Crippen molar-refractivity contribution in [3.05, 3.63) is 125 Å². The van der Waals surface area contributed by atoms with Crippen LogP contribution in [-0.2, 0) is 72.1 Å². The van der Waals surface area contributed by atoms with Crippen LogP contribution < -0.4 is 39.8 Å². The standard InChI is InChI=1S/C48H56N4O15S4.Na.H/c1-47(2)38-31-36(70(62,63)64)16-18-40(38)50(25-8-28-68(56,57)58)42(47)20-14-34(35-12-7-11-33(30-35)10-5-6-13-44(53)49-24-27-52-45(54)22-23-46(52)55)15-21-43-48(3,4)39-32-37(71(65,66)67)17-19-41(39)51(43)26-9-29-69(59,60)61;;/h7,11-12,14-23,30-32H,5-6,8-10,13,24-29H2,1-4H3,(H4-,49,53,56,57,58,59,60,61,62,63,64,65,66,67);;/q;+1;-1. The summed E-state index contributed by atoms with van der Waals surface area (Å²) >= 11 is 0. The van der Waals surface area contributed by atoms with E-state index in [-0.39, 0.29) is 87.2 Å². The molecule has 0 unspecified atom stereocenters. The van der Waals surface area contributed by atoms with Crippen molar-refractivity contribution in [1.82, 2.24) is 10.2 Å². The van der Waals surface area contributed by atoms with Crippen molar-refractivity contribution >= 4 is 80.9 Å². The van der Waals surface area contributed by atoms with Gasteiger partial charge >= 0.3 is 29.6 Å². The molecule has 0 saturated heterocycles. The van der Waals surface area contributed by atoms with E-state index in [4.69, 9.17) is 0 Å². The molecule has 3 aromatic rings. The normalized spacial score (nSPS) is 17.3. The van der Waals surface area contributed by atoms with Crippen molar-refractivity contribution in [2.24, 2.45) is 0 Å². The second kappa shape index (κ2) is 22.8. The number of fused-ring (bicyclic) bond motifs is 2. The van der Waals surface area contributed by atoms with Gasteiger partial charge in [0.15, 0.2) is 5.71 Å². The number of rotatable bonds is 22. The summed E-state index contributed by atoms with van der Waals surface area (Å²) in [5, 5.41) is 2.73. The van der Waals surface area contributed by atoms with Gasteiger partial charge in [-0.2, -0.15) is 29.8 Å². The number of hydrogen-bond acceptors (Lipinski definition) is 13. The van der Waals surface area contributed by atoms with Gasteiger partial charge in [-0.05, 0) is 104 Å². The fraction of sp³-hybridized carbons (Fsp3) is 0.375. The van der Waals surface area contributed by atoms with E-state index in [0.29, 0.717) is 64.3 Å². The summed E-state index contributed by atoms with van der Waals surface area (Å²) in [5.74, 6) is -2.23. The van der Waals surface area contributed by atoms with E-state index < -0.39 is 79.5 Å². The van der Waals surface area contributed by atoms with E-state index in [1.54, 1.807) is 22.8 Å². The summed E-state index contributed by atoms with van der Waals surface area (Å²) in [5.41, 5.74) is 3.56. The van der Waals surface area contributed by atoms with Gasteiger partial charge in [0.25, 0.3) is 42.2 Å². The number of nitrogens with one attached hydrogen (secondary N) is 1. The van der Waals surface area contributed by atoms with Gasteiger partial charge in [-0.3, -0.25) is 32.9 Å². The van der Waals surface area contributed by atoms with Crippen molar-refractivity contribution < 1.29 is 102 Å². The molecule has 4 N–H and O–H groups in total. The number of imide groups is 1. The Morgan fingerprint density at radius 3 is 2.04 bits per heavy atom. The minimum Gasteiger partial charge on any atom is -1.00 e. The first-order valence-electron chi connectivity index (χ1n) is 22.5. The van der Waals surface area contributed by atoms with Gasteiger partial charge in [-0.25, -0.2) is 8.42 Å². The van der Waals surface area contributed by atoms with Crippen molar-refractivity contribution in [3.8, 4) is 0 Å². The second-order valence-corrected chi connectivity index (χ2v) is 24.4. The van der Waals surface area contributed by atoms with Gasteiger partial charge in [0.1, 0.15) is 16.7 Å². The molecule has 0 bridgehead atoms. The molecule has 3 aliphatic rings. The smallest absolute Gasteiger partial charge is 1.00 e. The van der Waals surface area contributed by atoms with Crippen LogP contribution in [0.2, 0.25) is 0 Å². The number of carbonyl (C=O) groups excluding carboxylic acids is 3. The fourth-order valence-corrected chi connectivity index (χ4v) is 11.1. The molecule has 0 aromatic heterocycles. The summed E-state index contributed by atoms with van der Waals surface area (Å²) in [4.78, 5) is 38.3. The Bertz CT molecular complexity index is 3260. The van der Waals surface area contributed by atoms with Crippen molar-refractivity contribution in [2.45, 2.75) is 86.8 Å². The van der Waals surface area contributed by atoms with Crippen LogP contribution in [0.15, 0.2) is 113 Å². The largest absolute Gasteiger partial charge is 1.00 e. The van der Waals surface area contributed by atoms with Gasteiger partial charge in [-0.1, -0.05) is 44.2 Å². The Hall–Kier alpha value is -4.66. The zero-order chi connectivity index (χ0) is 52.3. The molecule has 24 heteroatoms. The van der Waals surface area contributed by atoms with Crippen LogP contribution in [0.4, 0.5) is 11.4 Å². The molecular formula is C48H57N4NaO15S4. The number of carbonyl (C=O) groups is 3. The van der Waals surface area contributed by atoms with Gasteiger partial charge in [0.2, 0.25) is 11.6 Å². The predicted molar refractivity (Wildman–Crippen MR) is 265 cm³/mol. The Balaban J connectivity index is 0.00000578. The first-order valence-corrected chi connectivity index (χ1v) is 28.6. The summed E-state index contributed by atoms with van der Waals surface area (Å²) in [6, 6.07) is 15.6. The number of nitrogens with zero attached hydrogens (tertiary/aromatic N) is 3. The first kappa shape index (κ1) is 58.2. The average molecular weight is 1080 g/mol. The molecule has 3 heterocycles. The molecule has 384 valence electrons. The SMILES string of the molecule is CC1(C)C(=CC=C(C=CC2=[N+](CCCS(=O)(=O)O)c3ccc(S(=O)(=O)[O-])cc3C2(C)C)c2cccc(CCCCC(=O)NCCN3C(=O)C=CC3=O)c2)N(CCCS(=O)(=O)O)c2ccc(S(=O)(=O)O)cc21.[H-].[Na+]. The molecule has 0 fully saturated rings. The van der Waals surface area contributed by atoms with Crippen molar-refractivity contribution in [2.75, 3.05) is 42.6 Å². The van der Waals surface area contributed by atoms with E-state index in [1.165, 1.54) is 48.6 Å². The maximum absolute atomic E-state index is 12.6. The summed E-state index contributed by atoms with van der Waals surface area (Å²) < 4.78 is 139. The fourth-order valence-electron chi connectivity index (χ4n) is 9.07. The van der Waals surface area contributed by atoms with Crippen molar-refractivity contribution in [3.63, 3.8) is 0 Å². The Kier molecular flexibility index (Phi) is 18.5. The van der Waals surface area contributed by atoms with Crippen LogP contribution in [0.25, 0.3) is 5.57 Å². The molecule has 19 nitrogen and oxygen atoms in total. The summed E-state index contributed by atoms with van der Waals surface area (Å²) in [6.45, 7) is 7.62. The number of anilines is 1. The maximum atomic E-state index is 12.6. The van der Waals surface area contributed by atoms with Crippen LogP contribution in [0.1, 0.15) is 83.5 Å². The van der Waals surface area contributed by atoms with Gasteiger partial charge in [0.05, 0.1) is 26.7 Å². The number of amides is 3. The van der Waals surface area contributed by atoms with E-state index >= 15 is 0 Å². The molecular weight excluding hydrogens is 1020 g/mol. The summed E-state index contributed by atoms with van der Waals surface area (Å²) in [6.07, 6.45) is 11.4. The number of hydrogen-bond donors (Lipinski definition) is 4. The van der Waals surface area contributed by atoms with Gasteiger partial charge in [-0.15, -0.1) is 0 Å².